The van der Waals surface area contributed by atoms with Gasteiger partial charge in [0.15, 0.2) is 0 Å². The van der Waals surface area contributed by atoms with Gasteiger partial charge in [0.25, 0.3) is 0 Å². The zero-order valence-electron chi connectivity index (χ0n) is 6.76. The molecule has 0 spiro atoms. The topological polar surface area (TPSA) is 17.8 Å². The molecule has 62 valence electrons. The van der Waals surface area contributed by atoms with E-state index in [9.17, 15) is 0 Å². The van der Waals surface area contributed by atoms with Crippen LogP contribution >= 0.6 is 15.9 Å². The standard InChI is InChI=1S/C8H13BrN2/c1-2-7-11-8(3-5-9)4-6-10-11/h4,6H,2-3,5,7H2,1H3. The lowest BCUT2D eigenvalue weighted by molar-refractivity contribution is 0.578. The maximum atomic E-state index is 4.22. The number of aryl methyl sites for hydroxylation is 2. The molecule has 0 aromatic carbocycles. The summed E-state index contributed by atoms with van der Waals surface area (Å²) in [6.07, 6.45) is 4.09. The van der Waals surface area contributed by atoms with Crippen LogP contribution in [0.25, 0.3) is 0 Å². The number of rotatable bonds is 4. The summed E-state index contributed by atoms with van der Waals surface area (Å²) >= 11 is 3.41. The molecule has 0 aliphatic heterocycles. The van der Waals surface area contributed by atoms with Crippen LogP contribution in [0, 0.1) is 0 Å². The Kier molecular flexibility index (Phi) is 3.63. The zero-order chi connectivity index (χ0) is 8.10. The van der Waals surface area contributed by atoms with Gasteiger partial charge in [0, 0.05) is 23.8 Å². The third kappa shape index (κ3) is 2.33. The van der Waals surface area contributed by atoms with Crippen molar-refractivity contribution in [2.24, 2.45) is 0 Å². The van der Waals surface area contributed by atoms with Crippen LogP contribution < -0.4 is 0 Å². The van der Waals surface area contributed by atoms with E-state index in [1.165, 1.54) is 5.69 Å². The summed E-state index contributed by atoms with van der Waals surface area (Å²) in [6, 6.07) is 2.08. The predicted molar refractivity (Wildman–Crippen MR) is 50.0 cm³/mol. The Hall–Kier alpha value is -0.310. The van der Waals surface area contributed by atoms with Gasteiger partial charge in [0.05, 0.1) is 0 Å². The fourth-order valence-corrected chi connectivity index (χ4v) is 1.49. The molecule has 1 heterocycles. The third-order valence-corrected chi connectivity index (χ3v) is 1.99. The Morgan fingerprint density at radius 1 is 1.64 bits per heavy atom. The molecule has 0 N–H and O–H groups in total. The number of aromatic nitrogens is 2. The first-order valence-corrected chi connectivity index (χ1v) is 5.07. The summed E-state index contributed by atoms with van der Waals surface area (Å²) in [5.74, 6) is 0. The van der Waals surface area contributed by atoms with E-state index in [4.69, 9.17) is 0 Å². The highest BCUT2D eigenvalue weighted by Crippen LogP contribution is 2.02. The Bertz CT molecular complexity index is 187. The first-order chi connectivity index (χ1) is 5.38. The van der Waals surface area contributed by atoms with Gasteiger partial charge in [0.1, 0.15) is 0 Å². The van der Waals surface area contributed by atoms with Crippen LogP contribution in [0.4, 0.5) is 0 Å². The van der Waals surface area contributed by atoms with E-state index in [1.54, 1.807) is 0 Å². The van der Waals surface area contributed by atoms with Crippen LogP contribution in [0.1, 0.15) is 19.0 Å². The molecule has 1 aromatic rings. The van der Waals surface area contributed by atoms with Crippen molar-refractivity contribution in [1.29, 1.82) is 0 Å². The Morgan fingerprint density at radius 3 is 3.09 bits per heavy atom. The average molecular weight is 217 g/mol. The van der Waals surface area contributed by atoms with Gasteiger partial charge in [-0.05, 0) is 18.9 Å². The van der Waals surface area contributed by atoms with Crippen LogP contribution in [0.3, 0.4) is 0 Å². The number of halogens is 1. The highest BCUT2D eigenvalue weighted by atomic mass is 79.9. The van der Waals surface area contributed by atoms with Gasteiger partial charge in [-0.1, -0.05) is 22.9 Å². The lowest BCUT2D eigenvalue weighted by atomic mass is 10.3. The minimum atomic E-state index is 1.02. The van der Waals surface area contributed by atoms with Crippen molar-refractivity contribution in [3.8, 4) is 0 Å². The van der Waals surface area contributed by atoms with E-state index in [-0.39, 0.29) is 0 Å². The molecule has 0 amide bonds. The number of hydrogen-bond acceptors (Lipinski definition) is 1. The van der Waals surface area contributed by atoms with Gasteiger partial charge in [-0.2, -0.15) is 5.10 Å². The van der Waals surface area contributed by atoms with Crippen molar-refractivity contribution >= 4 is 15.9 Å². The molecule has 0 saturated carbocycles. The molecule has 0 bridgehead atoms. The van der Waals surface area contributed by atoms with E-state index in [1.807, 2.05) is 6.20 Å². The zero-order valence-corrected chi connectivity index (χ0v) is 8.34. The summed E-state index contributed by atoms with van der Waals surface area (Å²) in [7, 11) is 0. The van der Waals surface area contributed by atoms with Crippen LogP contribution in [0.2, 0.25) is 0 Å². The summed E-state index contributed by atoms with van der Waals surface area (Å²) in [6.45, 7) is 3.20. The largest absolute Gasteiger partial charge is 0.270 e. The van der Waals surface area contributed by atoms with Crippen LogP contribution in [0.15, 0.2) is 12.3 Å². The second-order valence-corrected chi connectivity index (χ2v) is 3.28. The molecule has 0 saturated heterocycles. The first-order valence-electron chi connectivity index (χ1n) is 3.95. The molecule has 0 radical (unpaired) electrons. The van der Waals surface area contributed by atoms with Crippen molar-refractivity contribution < 1.29 is 0 Å². The molecular weight excluding hydrogens is 204 g/mol. The minimum absolute atomic E-state index is 1.02. The van der Waals surface area contributed by atoms with E-state index in [0.717, 1.165) is 24.7 Å². The molecular formula is C8H13BrN2. The van der Waals surface area contributed by atoms with E-state index in [0.29, 0.717) is 0 Å². The van der Waals surface area contributed by atoms with Crippen molar-refractivity contribution in [3.63, 3.8) is 0 Å². The van der Waals surface area contributed by atoms with Gasteiger partial charge in [0.2, 0.25) is 0 Å². The second kappa shape index (κ2) is 4.54. The van der Waals surface area contributed by atoms with Crippen molar-refractivity contribution in [2.45, 2.75) is 26.3 Å². The molecule has 0 fully saturated rings. The van der Waals surface area contributed by atoms with Crippen LogP contribution in [-0.2, 0) is 13.0 Å². The lowest BCUT2D eigenvalue weighted by Gasteiger charge is -2.02. The highest BCUT2D eigenvalue weighted by Gasteiger charge is 1.98. The normalized spacial score (nSPS) is 10.4. The number of nitrogens with zero attached hydrogens (tertiary/aromatic N) is 2. The Morgan fingerprint density at radius 2 is 2.45 bits per heavy atom. The average Bonchev–Trinajstić information content (AvgIpc) is 2.39. The van der Waals surface area contributed by atoms with E-state index >= 15 is 0 Å². The number of alkyl halides is 1. The first kappa shape index (κ1) is 8.78. The quantitative estimate of drug-likeness (QED) is 0.707. The fourth-order valence-electron chi connectivity index (χ4n) is 1.08. The monoisotopic (exact) mass is 216 g/mol. The molecule has 0 aliphatic carbocycles. The van der Waals surface area contributed by atoms with Gasteiger partial charge < -0.3 is 0 Å². The molecule has 2 nitrogen and oxygen atoms in total. The van der Waals surface area contributed by atoms with Crippen molar-refractivity contribution in [2.75, 3.05) is 5.33 Å². The molecule has 3 heteroatoms. The number of hydrogen-bond donors (Lipinski definition) is 0. The molecule has 0 atom stereocenters. The SMILES string of the molecule is CCCn1nccc1CCBr. The Labute approximate surface area is 75.7 Å². The summed E-state index contributed by atoms with van der Waals surface area (Å²) < 4.78 is 2.07. The summed E-state index contributed by atoms with van der Waals surface area (Å²) in [5.41, 5.74) is 1.32. The van der Waals surface area contributed by atoms with Crippen LogP contribution in [-0.4, -0.2) is 15.1 Å². The van der Waals surface area contributed by atoms with Gasteiger partial charge >= 0.3 is 0 Å². The lowest BCUT2D eigenvalue weighted by Crippen LogP contribution is -2.04. The summed E-state index contributed by atoms with van der Waals surface area (Å²) in [4.78, 5) is 0. The van der Waals surface area contributed by atoms with E-state index < -0.39 is 0 Å². The van der Waals surface area contributed by atoms with Gasteiger partial charge in [-0.25, -0.2) is 0 Å². The molecule has 1 rings (SSSR count). The highest BCUT2D eigenvalue weighted by molar-refractivity contribution is 9.09. The maximum absolute atomic E-state index is 4.22. The van der Waals surface area contributed by atoms with Gasteiger partial charge in [-0.15, -0.1) is 0 Å². The second-order valence-electron chi connectivity index (χ2n) is 2.48. The Balaban J connectivity index is 2.62. The smallest absolute Gasteiger partial charge is 0.0492 e. The third-order valence-electron chi connectivity index (χ3n) is 1.59. The van der Waals surface area contributed by atoms with E-state index in [2.05, 4.69) is 38.7 Å². The summed E-state index contributed by atoms with van der Waals surface area (Å²) in [5, 5.41) is 5.24. The predicted octanol–water partition coefficient (Wildman–Crippen LogP) is 2.23. The molecule has 11 heavy (non-hydrogen) atoms. The van der Waals surface area contributed by atoms with Crippen molar-refractivity contribution in [1.82, 2.24) is 9.78 Å². The molecule has 0 unspecified atom stereocenters. The maximum Gasteiger partial charge on any atom is 0.0492 e. The molecule has 1 aromatic heterocycles. The van der Waals surface area contributed by atoms with Gasteiger partial charge in [-0.3, -0.25) is 4.68 Å². The fraction of sp³-hybridized carbons (Fsp3) is 0.625. The molecule has 0 aliphatic rings. The van der Waals surface area contributed by atoms with Crippen LogP contribution in [0.5, 0.6) is 0 Å². The van der Waals surface area contributed by atoms with Crippen molar-refractivity contribution in [3.05, 3.63) is 18.0 Å². The minimum Gasteiger partial charge on any atom is -0.270 e.